The molecule has 1 aliphatic rings. The molecule has 0 N–H and O–H groups in total. The fourth-order valence-electron chi connectivity index (χ4n) is 2.24. The van der Waals surface area contributed by atoms with Crippen molar-refractivity contribution in [1.82, 2.24) is 0 Å². The van der Waals surface area contributed by atoms with E-state index >= 15 is 0 Å². The van der Waals surface area contributed by atoms with Crippen LogP contribution in [0.2, 0.25) is 5.02 Å². The predicted octanol–water partition coefficient (Wildman–Crippen LogP) is 3.77. The average Bonchev–Trinajstić information content (AvgIpc) is 2.72. The maximum absolute atomic E-state index is 12.4. The summed E-state index contributed by atoms with van der Waals surface area (Å²) in [4.78, 5) is 25.9. The van der Waals surface area contributed by atoms with Crippen molar-refractivity contribution in [3.05, 3.63) is 62.6 Å². The Balaban J connectivity index is 2.19. The Labute approximate surface area is 133 Å². The molecule has 21 heavy (non-hydrogen) atoms. The van der Waals surface area contributed by atoms with Crippen LogP contribution in [0.15, 0.2) is 40.9 Å². The molecule has 1 aliphatic heterocycles. The summed E-state index contributed by atoms with van der Waals surface area (Å²) in [6, 6.07) is 11.5. The molecule has 1 heterocycles. The Hall–Kier alpha value is -2.16. The number of carbonyl (C=O) groups excluding carboxylic acids is 2. The zero-order chi connectivity index (χ0) is 15.1. The first-order chi connectivity index (χ1) is 10.0. The second-order valence-corrected chi connectivity index (χ2v) is 5.65. The van der Waals surface area contributed by atoms with E-state index in [1.807, 2.05) is 6.07 Å². The Morgan fingerprint density at radius 2 is 1.67 bits per heavy atom. The van der Waals surface area contributed by atoms with Crippen molar-refractivity contribution in [3.63, 3.8) is 0 Å². The van der Waals surface area contributed by atoms with Crippen LogP contribution >= 0.6 is 27.5 Å². The SMILES string of the molecule is N#Cc1cc(Cl)c(N2C(=O)c3ccccc3C2=O)c(Br)c1. The smallest absolute Gasteiger partial charge is 0.266 e. The van der Waals surface area contributed by atoms with E-state index in [1.165, 1.54) is 12.1 Å². The first-order valence-corrected chi connectivity index (χ1v) is 7.08. The van der Waals surface area contributed by atoms with Crippen LogP contribution in [-0.4, -0.2) is 11.8 Å². The lowest BCUT2D eigenvalue weighted by Crippen LogP contribution is -2.30. The molecule has 4 nitrogen and oxygen atoms in total. The zero-order valence-electron chi connectivity index (χ0n) is 10.4. The number of hydrogen-bond acceptors (Lipinski definition) is 3. The van der Waals surface area contributed by atoms with Gasteiger partial charge in [-0.25, -0.2) is 4.90 Å². The summed E-state index contributed by atoms with van der Waals surface area (Å²) in [7, 11) is 0. The summed E-state index contributed by atoms with van der Waals surface area (Å²) in [6.07, 6.45) is 0. The van der Waals surface area contributed by atoms with E-state index in [2.05, 4.69) is 15.9 Å². The monoisotopic (exact) mass is 360 g/mol. The molecule has 3 rings (SSSR count). The van der Waals surface area contributed by atoms with Gasteiger partial charge in [0.15, 0.2) is 0 Å². The molecule has 0 bridgehead atoms. The molecular weight excluding hydrogens is 356 g/mol. The molecule has 102 valence electrons. The van der Waals surface area contributed by atoms with Crippen LogP contribution in [0.25, 0.3) is 0 Å². The summed E-state index contributed by atoms with van der Waals surface area (Å²) in [5.41, 5.74) is 1.28. The van der Waals surface area contributed by atoms with Crippen LogP contribution in [0.4, 0.5) is 5.69 Å². The maximum atomic E-state index is 12.4. The van der Waals surface area contributed by atoms with E-state index in [1.54, 1.807) is 24.3 Å². The minimum absolute atomic E-state index is 0.162. The van der Waals surface area contributed by atoms with Gasteiger partial charge >= 0.3 is 0 Å². The van der Waals surface area contributed by atoms with Gasteiger partial charge in [-0.1, -0.05) is 23.7 Å². The summed E-state index contributed by atoms with van der Waals surface area (Å²) in [6.45, 7) is 0. The van der Waals surface area contributed by atoms with Crippen molar-refractivity contribution < 1.29 is 9.59 Å². The molecule has 2 aromatic carbocycles. The summed E-state index contributed by atoms with van der Waals surface area (Å²) in [5.74, 6) is -0.856. The number of amides is 2. The number of rotatable bonds is 1. The molecule has 0 spiro atoms. The van der Waals surface area contributed by atoms with Crippen molar-refractivity contribution in [2.45, 2.75) is 0 Å². The lowest BCUT2D eigenvalue weighted by atomic mass is 10.1. The molecule has 0 atom stereocenters. The average molecular weight is 362 g/mol. The molecule has 0 unspecified atom stereocenters. The highest BCUT2D eigenvalue weighted by Crippen LogP contribution is 2.39. The van der Waals surface area contributed by atoms with Crippen LogP contribution < -0.4 is 4.90 Å². The highest BCUT2D eigenvalue weighted by molar-refractivity contribution is 9.10. The highest BCUT2D eigenvalue weighted by atomic mass is 79.9. The molecular formula is C15H6BrClN2O2. The standard InChI is InChI=1S/C15H6BrClN2O2/c16-11-5-8(7-18)6-12(17)13(11)19-14(20)9-3-1-2-4-10(9)15(19)21/h1-6H. The third kappa shape index (κ3) is 2.04. The molecule has 0 saturated carbocycles. The molecule has 2 amide bonds. The van der Waals surface area contributed by atoms with E-state index in [9.17, 15) is 9.59 Å². The number of benzene rings is 2. The lowest BCUT2D eigenvalue weighted by Gasteiger charge is -2.17. The lowest BCUT2D eigenvalue weighted by molar-refractivity contribution is 0.0926. The molecule has 0 saturated heterocycles. The van der Waals surface area contributed by atoms with E-state index < -0.39 is 11.8 Å². The van der Waals surface area contributed by atoms with Gasteiger partial charge in [-0.2, -0.15) is 5.26 Å². The number of imide groups is 1. The molecule has 0 aromatic heterocycles. The van der Waals surface area contributed by atoms with Crippen molar-refractivity contribution >= 4 is 45.0 Å². The van der Waals surface area contributed by atoms with Gasteiger partial charge in [0.1, 0.15) is 0 Å². The van der Waals surface area contributed by atoms with Gasteiger partial charge in [0.05, 0.1) is 33.5 Å². The van der Waals surface area contributed by atoms with Gasteiger partial charge in [0.2, 0.25) is 0 Å². The van der Waals surface area contributed by atoms with Crippen molar-refractivity contribution in [1.29, 1.82) is 5.26 Å². The minimum Gasteiger partial charge on any atom is -0.268 e. The first-order valence-electron chi connectivity index (χ1n) is 5.91. The van der Waals surface area contributed by atoms with Crippen LogP contribution in [0.3, 0.4) is 0 Å². The normalized spacial score (nSPS) is 13.3. The van der Waals surface area contributed by atoms with E-state index in [0.29, 0.717) is 21.2 Å². The highest BCUT2D eigenvalue weighted by Gasteiger charge is 2.38. The van der Waals surface area contributed by atoms with Crippen LogP contribution in [0.5, 0.6) is 0 Å². The van der Waals surface area contributed by atoms with Crippen LogP contribution in [-0.2, 0) is 0 Å². The predicted molar refractivity (Wildman–Crippen MR) is 81.4 cm³/mol. The van der Waals surface area contributed by atoms with Crippen LogP contribution in [0, 0.1) is 11.3 Å². The second-order valence-electron chi connectivity index (χ2n) is 4.39. The van der Waals surface area contributed by atoms with E-state index in [0.717, 1.165) is 4.90 Å². The van der Waals surface area contributed by atoms with Crippen molar-refractivity contribution in [2.24, 2.45) is 0 Å². The maximum Gasteiger partial charge on any atom is 0.266 e. The van der Waals surface area contributed by atoms with E-state index in [-0.39, 0.29) is 10.7 Å². The molecule has 0 aliphatic carbocycles. The number of nitriles is 1. The number of anilines is 1. The Bertz CT molecular complexity index is 784. The fourth-order valence-corrected chi connectivity index (χ4v) is 3.29. The number of fused-ring (bicyclic) bond motifs is 1. The molecule has 0 fully saturated rings. The van der Waals surface area contributed by atoms with Gasteiger partial charge in [-0.15, -0.1) is 0 Å². The van der Waals surface area contributed by atoms with Crippen molar-refractivity contribution in [3.8, 4) is 6.07 Å². The Morgan fingerprint density at radius 3 is 2.14 bits per heavy atom. The first kappa shape index (κ1) is 13.8. The number of nitrogens with zero attached hydrogens (tertiary/aromatic N) is 2. The largest absolute Gasteiger partial charge is 0.268 e. The molecule has 2 aromatic rings. The Morgan fingerprint density at radius 1 is 1.10 bits per heavy atom. The third-order valence-electron chi connectivity index (χ3n) is 3.16. The number of halogens is 2. The number of hydrogen-bond donors (Lipinski definition) is 0. The second kappa shape index (κ2) is 4.99. The molecule has 0 radical (unpaired) electrons. The van der Waals surface area contributed by atoms with Gasteiger partial charge < -0.3 is 0 Å². The van der Waals surface area contributed by atoms with Gasteiger partial charge in [-0.05, 0) is 40.2 Å². The topological polar surface area (TPSA) is 61.2 Å². The Kier molecular flexibility index (Phi) is 3.28. The van der Waals surface area contributed by atoms with Gasteiger partial charge in [0.25, 0.3) is 11.8 Å². The van der Waals surface area contributed by atoms with Gasteiger partial charge in [-0.3, -0.25) is 9.59 Å². The zero-order valence-corrected chi connectivity index (χ0v) is 12.8. The van der Waals surface area contributed by atoms with Crippen LogP contribution in [0.1, 0.15) is 26.3 Å². The number of carbonyl (C=O) groups is 2. The quantitative estimate of drug-likeness (QED) is 0.726. The van der Waals surface area contributed by atoms with E-state index in [4.69, 9.17) is 16.9 Å². The minimum atomic E-state index is -0.428. The third-order valence-corrected chi connectivity index (χ3v) is 4.06. The van der Waals surface area contributed by atoms with Crippen molar-refractivity contribution in [2.75, 3.05) is 4.90 Å². The summed E-state index contributed by atoms with van der Waals surface area (Å²) < 4.78 is 0.418. The molecule has 6 heteroatoms. The fraction of sp³-hybridized carbons (Fsp3) is 0. The summed E-state index contributed by atoms with van der Waals surface area (Å²) in [5, 5.41) is 9.07. The van der Waals surface area contributed by atoms with Gasteiger partial charge in [0, 0.05) is 4.47 Å². The summed E-state index contributed by atoms with van der Waals surface area (Å²) >= 11 is 9.41.